The first-order valence-electron chi connectivity index (χ1n) is 10.6. The minimum absolute atomic E-state index is 0.111. The molecular weight excluding hydrogens is 360 g/mol. The molecule has 0 bridgehead atoms. The van der Waals surface area contributed by atoms with Crippen LogP contribution in [0.15, 0.2) is 60.7 Å². The molecule has 2 amide bonds. The van der Waals surface area contributed by atoms with Crippen LogP contribution in [0.4, 0.5) is 0 Å². The van der Waals surface area contributed by atoms with Crippen molar-refractivity contribution in [3.05, 3.63) is 71.8 Å². The highest BCUT2D eigenvalue weighted by Gasteiger charge is 2.35. The molecular formula is C25H34N2O2. The summed E-state index contributed by atoms with van der Waals surface area (Å²) in [7, 11) is 0. The van der Waals surface area contributed by atoms with Gasteiger partial charge in [0.25, 0.3) is 11.8 Å². The third-order valence-electron chi connectivity index (χ3n) is 5.14. The second-order valence-electron chi connectivity index (χ2n) is 8.58. The highest BCUT2D eigenvalue weighted by atomic mass is 16.2. The van der Waals surface area contributed by atoms with Crippen LogP contribution < -0.4 is 5.43 Å². The number of unbranched alkanes of at least 4 members (excludes halogenated alkanes) is 3. The molecule has 0 saturated carbocycles. The van der Waals surface area contributed by atoms with Crippen molar-refractivity contribution < 1.29 is 9.59 Å². The number of amides is 2. The summed E-state index contributed by atoms with van der Waals surface area (Å²) >= 11 is 0. The van der Waals surface area contributed by atoms with Crippen molar-refractivity contribution in [3.8, 4) is 0 Å². The molecule has 4 nitrogen and oxygen atoms in total. The predicted molar refractivity (Wildman–Crippen MR) is 119 cm³/mol. The fourth-order valence-electron chi connectivity index (χ4n) is 3.47. The Morgan fingerprint density at radius 2 is 1.41 bits per heavy atom. The van der Waals surface area contributed by atoms with E-state index in [0.29, 0.717) is 11.1 Å². The van der Waals surface area contributed by atoms with E-state index in [1.54, 1.807) is 29.3 Å². The minimum atomic E-state index is -0.266. The van der Waals surface area contributed by atoms with Gasteiger partial charge in [-0.15, -0.1) is 0 Å². The lowest BCUT2D eigenvalue weighted by Gasteiger charge is -2.40. The quantitative estimate of drug-likeness (QED) is 0.450. The van der Waals surface area contributed by atoms with Gasteiger partial charge in [0.05, 0.1) is 6.04 Å². The van der Waals surface area contributed by atoms with Gasteiger partial charge in [-0.3, -0.25) is 15.0 Å². The number of hydrogen-bond acceptors (Lipinski definition) is 2. The summed E-state index contributed by atoms with van der Waals surface area (Å²) in [5.74, 6) is -0.442. The molecule has 0 aliphatic heterocycles. The zero-order chi connectivity index (χ0) is 21.3. The van der Waals surface area contributed by atoms with Gasteiger partial charge in [0, 0.05) is 11.1 Å². The van der Waals surface area contributed by atoms with E-state index in [0.717, 1.165) is 25.7 Å². The van der Waals surface area contributed by atoms with E-state index in [2.05, 4.69) is 33.1 Å². The topological polar surface area (TPSA) is 49.4 Å². The Morgan fingerprint density at radius 3 is 1.93 bits per heavy atom. The number of rotatable bonds is 8. The summed E-state index contributed by atoms with van der Waals surface area (Å²) < 4.78 is 0. The monoisotopic (exact) mass is 394 g/mol. The number of nitrogens with one attached hydrogen (secondary N) is 1. The normalized spacial score (nSPS) is 12.3. The lowest BCUT2D eigenvalue weighted by Crippen LogP contribution is -2.56. The van der Waals surface area contributed by atoms with Gasteiger partial charge in [-0.25, -0.2) is 5.01 Å². The molecule has 0 aromatic heterocycles. The number of benzene rings is 2. The van der Waals surface area contributed by atoms with Crippen molar-refractivity contribution in [2.45, 2.75) is 65.8 Å². The summed E-state index contributed by atoms with van der Waals surface area (Å²) in [5.41, 5.74) is 3.86. The fourth-order valence-corrected chi connectivity index (χ4v) is 3.47. The third kappa shape index (κ3) is 6.74. The number of hydrazine groups is 1. The van der Waals surface area contributed by atoms with Crippen LogP contribution in [0.1, 0.15) is 80.5 Å². The Bertz CT molecular complexity index is 766. The molecule has 0 aliphatic carbocycles. The van der Waals surface area contributed by atoms with Gasteiger partial charge in [0.1, 0.15) is 0 Å². The van der Waals surface area contributed by atoms with Crippen LogP contribution in [0.5, 0.6) is 0 Å². The summed E-state index contributed by atoms with van der Waals surface area (Å²) in [6.07, 6.45) is 5.34. The molecule has 1 N–H and O–H groups in total. The van der Waals surface area contributed by atoms with Crippen LogP contribution >= 0.6 is 0 Å². The molecule has 0 radical (unpaired) electrons. The standard InChI is InChI=1S/C25H34N2O2/c1-5-6-7-14-19-22(25(2,3)4)27(24(29)21-17-12-9-13-18-21)26-23(28)20-15-10-8-11-16-20/h8-13,15-18,22H,5-7,14,19H2,1-4H3,(H,26,28). The Kier molecular flexibility index (Phi) is 8.44. The van der Waals surface area contributed by atoms with Gasteiger partial charge in [0.15, 0.2) is 0 Å². The number of hydrogen-bond donors (Lipinski definition) is 1. The van der Waals surface area contributed by atoms with E-state index in [-0.39, 0.29) is 23.3 Å². The van der Waals surface area contributed by atoms with Crippen LogP contribution in [0.3, 0.4) is 0 Å². The van der Waals surface area contributed by atoms with Crippen molar-refractivity contribution in [3.63, 3.8) is 0 Å². The molecule has 0 fully saturated rings. The molecule has 156 valence electrons. The van der Waals surface area contributed by atoms with Gasteiger partial charge in [-0.2, -0.15) is 0 Å². The smallest absolute Gasteiger partial charge is 0.267 e. The molecule has 0 aliphatic rings. The average molecular weight is 395 g/mol. The largest absolute Gasteiger partial charge is 0.272 e. The highest BCUT2D eigenvalue weighted by molar-refractivity contribution is 5.99. The molecule has 0 heterocycles. The van der Waals surface area contributed by atoms with Crippen LogP contribution in [0.2, 0.25) is 0 Å². The van der Waals surface area contributed by atoms with E-state index in [9.17, 15) is 9.59 Å². The zero-order valence-corrected chi connectivity index (χ0v) is 18.2. The van der Waals surface area contributed by atoms with E-state index in [1.807, 2.05) is 36.4 Å². The lowest BCUT2D eigenvalue weighted by molar-refractivity contribution is 0.0266. The van der Waals surface area contributed by atoms with Crippen molar-refractivity contribution >= 4 is 11.8 Å². The molecule has 0 spiro atoms. The predicted octanol–water partition coefficient (Wildman–Crippen LogP) is 5.86. The molecule has 2 aromatic rings. The summed E-state index contributed by atoms with van der Waals surface area (Å²) in [6, 6.07) is 18.1. The first-order chi connectivity index (χ1) is 13.8. The zero-order valence-electron chi connectivity index (χ0n) is 18.2. The maximum absolute atomic E-state index is 13.4. The number of carbonyl (C=O) groups is 2. The van der Waals surface area contributed by atoms with Crippen LogP contribution in [-0.4, -0.2) is 22.9 Å². The van der Waals surface area contributed by atoms with E-state index in [4.69, 9.17) is 0 Å². The molecule has 0 saturated heterocycles. The maximum atomic E-state index is 13.4. The van der Waals surface area contributed by atoms with Crippen molar-refractivity contribution in [2.24, 2.45) is 5.41 Å². The average Bonchev–Trinajstić information content (AvgIpc) is 2.72. The first kappa shape index (κ1) is 22.7. The van der Waals surface area contributed by atoms with Gasteiger partial charge in [-0.05, 0) is 36.1 Å². The third-order valence-corrected chi connectivity index (χ3v) is 5.14. The Morgan fingerprint density at radius 1 is 0.862 bits per heavy atom. The maximum Gasteiger partial charge on any atom is 0.272 e. The Hall–Kier alpha value is -2.62. The van der Waals surface area contributed by atoms with Crippen molar-refractivity contribution in [1.82, 2.24) is 10.4 Å². The summed E-state index contributed by atoms with van der Waals surface area (Å²) in [4.78, 5) is 26.3. The van der Waals surface area contributed by atoms with E-state index >= 15 is 0 Å². The van der Waals surface area contributed by atoms with E-state index < -0.39 is 0 Å². The molecule has 1 unspecified atom stereocenters. The summed E-state index contributed by atoms with van der Waals surface area (Å²) in [6.45, 7) is 8.55. The first-order valence-corrected chi connectivity index (χ1v) is 10.6. The van der Waals surface area contributed by atoms with Crippen LogP contribution in [-0.2, 0) is 0 Å². The molecule has 4 heteroatoms. The second-order valence-corrected chi connectivity index (χ2v) is 8.58. The fraction of sp³-hybridized carbons (Fsp3) is 0.440. The highest BCUT2D eigenvalue weighted by Crippen LogP contribution is 2.29. The SMILES string of the molecule is CCCCCCC(N(NC(=O)c1ccccc1)C(=O)c1ccccc1)C(C)(C)C. The minimum Gasteiger partial charge on any atom is -0.267 e. The van der Waals surface area contributed by atoms with Crippen molar-refractivity contribution in [1.29, 1.82) is 0 Å². The van der Waals surface area contributed by atoms with Crippen molar-refractivity contribution in [2.75, 3.05) is 0 Å². The lowest BCUT2D eigenvalue weighted by atomic mass is 9.82. The van der Waals surface area contributed by atoms with Gasteiger partial charge in [-0.1, -0.05) is 89.8 Å². The molecule has 2 aromatic carbocycles. The van der Waals surface area contributed by atoms with Crippen LogP contribution in [0.25, 0.3) is 0 Å². The van der Waals surface area contributed by atoms with Gasteiger partial charge >= 0.3 is 0 Å². The number of nitrogens with zero attached hydrogens (tertiary/aromatic N) is 1. The molecule has 29 heavy (non-hydrogen) atoms. The van der Waals surface area contributed by atoms with E-state index in [1.165, 1.54) is 6.42 Å². The molecule has 2 rings (SSSR count). The van der Waals surface area contributed by atoms with Gasteiger partial charge < -0.3 is 0 Å². The van der Waals surface area contributed by atoms with Crippen LogP contribution in [0, 0.1) is 5.41 Å². The summed E-state index contributed by atoms with van der Waals surface area (Å²) in [5, 5.41) is 1.57. The Labute approximate surface area is 175 Å². The molecule has 1 atom stereocenters. The van der Waals surface area contributed by atoms with Gasteiger partial charge in [0.2, 0.25) is 0 Å². The number of carbonyl (C=O) groups excluding carboxylic acids is 2. The second kappa shape index (κ2) is 10.8. The Balaban J connectivity index is 2.32.